The van der Waals surface area contributed by atoms with Crippen LogP contribution in [-0.4, -0.2) is 17.0 Å². The van der Waals surface area contributed by atoms with E-state index in [1.807, 2.05) is 6.66 Å². The molecule has 0 aromatic rings. The van der Waals surface area contributed by atoms with Gasteiger partial charge in [0.2, 0.25) is 0 Å². The molecular formula is C2H12O7P2. The van der Waals surface area contributed by atoms with Crippen LogP contribution in [0.5, 0.6) is 0 Å². The first-order valence-electron chi connectivity index (χ1n) is 1.29. The molecule has 0 saturated carbocycles. The van der Waals surface area contributed by atoms with Gasteiger partial charge in [0.25, 0.3) is 0 Å². The lowest BCUT2D eigenvalue weighted by molar-refractivity contribution is 0.524. The van der Waals surface area contributed by atoms with Crippen LogP contribution >= 0.6 is 17.9 Å². The van der Waals surface area contributed by atoms with Gasteiger partial charge < -0.3 is 10.4 Å². The second-order valence-electron chi connectivity index (χ2n) is 0.0816. The first kappa shape index (κ1) is 45.9. The predicted octanol–water partition coefficient (Wildman–Crippen LogP) is 0.622. The van der Waals surface area contributed by atoms with Gasteiger partial charge in [-0.05, 0) is 0 Å². The Morgan fingerprint density at radius 2 is 1.09 bits per heavy atom. The van der Waals surface area contributed by atoms with Crippen molar-refractivity contribution in [1.29, 1.82) is 0 Å². The summed E-state index contributed by atoms with van der Waals surface area (Å²) in [6, 6.07) is 0. The largest absolute Gasteiger partial charge is 0.412 e. The van der Waals surface area contributed by atoms with Crippen molar-refractivity contribution in [2.75, 3.05) is 6.66 Å². The fourth-order valence-corrected chi connectivity index (χ4v) is 0. The normalized spacial score (nSPS) is 3.18. The van der Waals surface area contributed by atoms with Crippen LogP contribution in [0.25, 0.3) is 0 Å². The lowest BCUT2D eigenvalue weighted by Gasteiger charge is -1.24. The van der Waals surface area contributed by atoms with E-state index in [-0.39, 0.29) is 12.9 Å². The summed E-state index contributed by atoms with van der Waals surface area (Å²) >= 11 is 0. The van der Waals surface area contributed by atoms with Crippen LogP contribution in [-0.2, 0) is 4.57 Å². The van der Waals surface area contributed by atoms with Crippen LogP contribution < -0.4 is 0 Å². The number of hydrogen-bond donors (Lipinski definition) is 1. The summed E-state index contributed by atoms with van der Waals surface area (Å²) in [5.74, 6) is 0. The molecule has 1 unspecified atom stereocenters. The summed E-state index contributed by atoms with van der Waals surface area (Å²) in [5.41, 5.74) is 0. The van der Waals surface area contributed by atoms with Gasteiger partial charge in [0.1, 0.15) is 0 Å². The molecule has 1 atom stereocenters. The van der Waals surface area contributed by atoms with Crippen molar-refractivity contribution in [3.8, 4) is 0 Å². The molecule has 0 aliphatic heterocycles. The maximum atomic E-state index is 8.46. The molecule has 9 heteroatoms. The van der Waals surface area contributed by atoms with E-state index in [1.54, 1.807) is 0 Å². The van der Waals surface area contributed by atoms with Crippen LogP contribution in [0.2, 0.25) is 0 Å². The quantitative estimate of drug-likeness (QED) is 0.581. The Labute approximate surface area is 67.8 Å². The summed E-state index contributed by atoms with van der Waals surface area (Å²) in [6.45, 7) is 1.92. The van der Waals surface area contributed by atoms with Crippen LogP contribution in [0.3, 0.4) is 0 Å². The smallest absolute Gasteiger partial charge is 0.324 e. The summed E-state index contributed by atoms with van der Waals surface area (Å²) in [6.07, 6.45) is 0. The van der Waals surface area contributed by atoms with E-state index < -0.39 is 8.69 Å². The van der Waals surface area contributed by atoms with Gasteiger partial charge >= 0.3 is 8.69 Å². The van der Waals surface area contributed by atoms with E-state index >= 15 is 0 Å². The van der Waals surface area contributed by atoms with Gasteiger partial charge in [-0.3, -0.25) is 0 Å². The van der Waals surface area contributed by atoms with Crippen molar-refractivity contribution in [2.24, 2.45) is 0 Å². The highest BCUT2D eigenvalue weighted by Crippen LogP contribution is 1.66. The predicted molar refractivity (Wildman–Crippen MR) is 49.3 cm³/mol. The molecule has 0 aromatic carbocycles. The monoisotopic (exact) mass is 210 g/mol. The van der Waals surface area contributed by atoms with Crippen LogP contribution in [0.1, 0.15) is 7.43 Å². The molecule has 0 aliphatic carbocycles. The highest BCUT2D eigenvalue weighted by atomic mass is 31.1. The molecule has 0 bridgehead atoms. The molecule has 3 N–H and O–H groups in total. The third-order valence-electron chi connectivity index (χ3n) is 0. The lowest BCUT2D eigenvalue weighted by Crippen LogP contribution is -1.03. The van der Waals surface area contributed by atoms with Crippen molar-refractivity contribution in [3.05, 3.63) is 19.9 Å². The number of rotatable bonds is 0. The number of hydrogen-bond acceptors (Lipinski definition) is 5. The van der Waals surface area contributed by atoms with Gasteiger partial charge in [0.05, 0.1) is 0 Å². The topological polar surface area (TPSA) is 137 Å². The van der Waals surface area contributed by atoms with Gasteiger partial charge in [-0.1, -0.05) is 14.1 Å². The zero-order valence-electron chi connectivity index (χ0n) is 5.01. The van der Waals surface area contributed by atoms with Crippen molar-refractivity contribution in [1.82, 2.24) is 0 Å². The first-order chi connectivity index (χ1) is 4.41. The Bertz CT molecular complexity index is 33.6. The van der Waals surface area contributed by atoms with Crippen LogP contribution in [0, 0.1) is 19.9 Å². The molecule has 0 saturated heterocycles. The van der Waals surface area contributed by atoms with Gasteiger partial charge in [0, 0.05) is 19.9 Å². The van der Waals surface area contributed by atoms with Crippen LogP contribution in [0.15, 0.2) is 0 Å². The highest BCUT2D eigenvalue weighted by molar-refractivity contribution is 7.16. The van der Waals surface area contributed by atoms with Gasteiger partial charge in [0.15, 0.2) is 0 Å². The molecule has 72 valence electrons. The van der Waals surface area contributed by atoms with E-state index in [2.05, 4.69) is 9.24 Å². The lowest BCUT2D eigenvalue weighted by atomic mass is 12.0. The zero-order chi connectivity index (χ0) is 8.71. The third kappa shape index (κ3) is 4610. The molecule has 0 aromatic heterocycles. The zero-order valence-corrected chi connectivity index (χ0v) is 7.06. The summed E-state index contributed by atoms with van der Waals surface area (Å²) in [5, 5.41) is 0. The SMILES string of the molecule is C.CP.O.O=O.O=O.O=PO. The standard InChI is InChI=1S/CH5P.CH4.HO2P.2O2.H2O/c1-2;;1-3-2;2*1-2;/h2H2,1H3;1H4;(H,1,2);;;1H2. The molecule has 11 heavy (non-hydrogen) atoms. The minimum Gasteiger partial charge on any atom is -0.412 e. The van der Waals surface area contributed by atoms with Gasteiger partial charge in [-0.15, -0.1) is 9.24 Å². The molecule has 0 rings (SSSR count). The molecule has 0 radical (unpaired) electrons. The Kier molecular flexibility index (Phi) is 7130. The maximum absolute atomic E-state index is 8.46. The summed E-state index contributed by atoms with van der Waals surface area (Å²) in [4.78, 5) is 35.0. The van der Waals surface area contributed by atoms with Crippen molar-refractivity contribution in [3.63, 3.8) is 0 Å². The molecule has 0 spiro atoms. The van der Waals surface area contributed by atoms with E-state index in [0.717, 1.165) is 0 Å². The van der Waals surface area contributed by atoms with Crippen molar-refractivity contribution >= 4 is 17.9 Å². The Morgan fingerprint density at radius 3 is 1.09 bits per heavy atom. The molecule has 0 fully saturated rings. The molecular weight excluding hydrogens is 198 g/mol. The summed E-state index contributed by atoms with van der Waals surface area (Å²) < 4.78 is 8.46. The Hall–Kier alpha value is -0.350. The van der Waals surface area contributed by atoms with E-state index in [0.29, 0.717) is 0 Å². The van der Waals surface area contributed by atoms with Gasteiger partial charge in [-0.2, -0.15) is 0 Å². The van der Waals surface area contributed by atoms with Crippen molar-refractivity contribution < 1.29 is 14.9 Å². The highest BCUT2D eigenvalue weighted by Gasteiger charge is 1.28. The third-order valence-corrected chi connectivity index (χ3v) is 0. The Morgan fingerprint density at radius 1 is 1.09 bits per heavy atom. The average molecular weight is 210 g/mol. The maximum Gasteiger partial charge on any atom is 0.324 e. The molecule has 7 nitrogen and oxygen atoms in total. The second kappa shape index (κ2) is 1710. The van der Waals surface area contributed by atoms with Crippen molar-refractivity contribution in [2.45, 2.75) is 7.43 Å². The second-order valence-corrected chi connectivity index (χ2v) is 0.245. The van der Waals surface area contributed by atoms with E-state index in [1.165, 1.54) is 0 Å². The average Bonchev–Trinajstić information content (AvgIpc) is 2.01. The van der Waals surface area contributed by atoms with Gasteiger partial charge in [-0.25, -0.2) is 4.57 Å². The minimum atomic E-state index is -0.833. The fraction of sp³-hybridized carbons (Fsp3) is 1.00. The van der Waals surface area contributed by atoms with E-state index in [4.69, 9.17) is 29.3 Å². The minimum absolute atomic E-state index is 0. The fourth-order valence-electron chi connectivity index (χ4n) is 0. The first-order valence-corrected chi connectivity index (χ1v) is 3.21. The molecule has 0 aliphatic rings. The Balaban J connectivity index is -0.00000000729. The van der Waals surface area contributed by atoms with E-state index in [9.17, 15) is 0 Å². The summed E-state index contributed by atoms with van der Waals surface area (Å²) in [7, 11) is 1.58. The molecule has 0 heterocycles. The van der Waals surface area contributed by atoms with Crippen LogP contribution in [0.4, 0.5) is 0 Å². The molecule has 0 amide bonds.